The Morgan fingerprint density at radius 1 is 1.37 bits per heavy atom. The molecule has 0 amide bonds. The van der Waals surface area contributed by atoms with E-state index < -0.39 is 0 Å². The second-order valence-corrected chi connectivity index (χ2v) is 5.96. The van der Waals surface area contributed by atoms with Crippen LogP contribution in [0.4, 0.5) is 0 Å². The normalized spacial score (nSPS) is 22.4. The highest BCUT2D eigenvalue weighted by molar-refractivity contribution is 5.39. The van der Waals surface area contributed by atoms with E-state index in [0.29, 0.717) is 12.0 Å². The number of nitrogens with two attached hydrogens (primary N) is 1. The molecule has 1 aromatic carbocycles. The summed E-state index contributed by atoms with van der Waals surface area (Å²) in [5.41, 5.74) is 8.41. The average Bonchev–Trinajstić information content (AvgIpc) is 2.36. The minimum Gasteiger partial charge on any atom is -0.496 e. The number of benzene rings is 1. The van der Waals surface area contributed by atoms with E-state index in [4.69, 9.17) is 10.5 Å². The third-order valence-electron chi connectivity index (χ3n) is 3.95. The molecule has 0 aliphatic heterocycles. The third kappa shape index (κ3) is 3.71. The number of ether oxygens (including phenoxy) is 1. The SMILES string of the molecule is COc1ccc(CNCC2CC(N)C2)cc1C(C)C. The predicted octanol–water partition coefficient (Wildman–Crippen LogP) is 2.65. The Bertz CT molecular complexity index is 411. The fourth-order valence-corrected chi connectivity index (χ4v) is 2.72. The summed E-state index contributed by atoms with van der Waals surface area (Å²) in [4.78, 5) is 0. The van der Waals surface area contributed by atoms with Crippen molar-refractivity contribution in [2.45, 2.75) is 45.2 Å². The van der Waals surface area contributed by atoms with Gasteiger partial charge in [0.05, 0.1) is 7.11 Å². The minimum absolute atomic E-state index is 0.445. The largest absolute Gasteiger partial charge is 0.496 e. The first-order valence-electron chi connectivity index (χ1n) is 7.23. The van der Waals surface area contributed by atoms with Crippen molar-refractivity contribution in [3.8, 4) is 5.75 Å². The molecular formula is C16H26N2O. The molecule has 3 heteroatoms. The van der Waals surface area contributed by atoms with Crippen LogP contribution in [0.25, 0.3) is 0 Å². The lowest BCUT2D eigenvalue weighted by Crippen LogP contribution is -2.41. The van der Waals surface area contributed by atoms with Crippen molar-refractivity contribution in [1.82, 2.24) is 5.32 Å². The van der Waals surface area contributed by atoms with Gasteiger partial charge in [-0.25, -0.2) is 0 Å². The van der Waals surface area contributed by atoms with E-state index in [1.807, 2.05) is 0 Å². The van der Waals surface area contributed by atoms with E-state index in [1.165, 1.54) is 24.0 Å². The van der Waals surface area contributed by atoms with Crippen molar-refractivity contribution in [3.05, 3.63) is 29.3 Å². The molecule has 0 radical (unpaired) electrons. The number of hydrogen-bond acceptors (Lipinski definition) is 3. The zero-order chi connectivity index (χ0) is 13.8. The quantitative estimate of drug-likeness (QED) is 0.828. The molecule has 0 aromatic heterocycles. The maximum Gasteiger partial charge on any atom is 0.122 e. The van der Waals surface area contributed by atoms with Crippen LogP contribution in [0.5, 0.6) is 5.75 Å². The van der Waals surface area contributed by atoms with Crippen LogP contribution in [0.15, 0.2) is 18.2 Å². The minimum atomic E-state index is 0.445. The first-order valence-corrected chi connectivity index (χ1v) is 7.23. The van der Waals surface area contributed by atoms with Gasteiger partial charge in [0.2, 0.25) is 0 Å². The van der Waals surface area contributed by atoms with Crippen LogP contribution in [0.3, 0.4) is 0 Å². The summed E-state index contributed by atoms with van der Waals surface area (Å²) in [6.45, 7) is 6.40. The van der Waals surface area contributed by atoms with E-state index in [0.717, 1.165) is 24.8 Å². The molecule has 3 N–H and O–H groups in total. The smallest absolute Gasteiger partial charge is 0.122 e. The lowest BCUT2D eigenvalue weighted by Gasteiger charge is -2.32. The van der Waals surface area contributed by atoms with Gasteiger partial charge in [-0.05, 0) is 48.4 Å². The van der Waals surface area contributed by atoms with E-state index >= 15 is 0 Å². The molecule has 1 saturated carbocycles. The van der Waals surface area contributed by atoms with Gasteiger partial charge in [0.25, 0.3) is 0 Å². The number of methoxy groups -OCH3 is 1. The highest BCUT2D eigenvalue weighted by Gasteiger charge is 2.24. The topological polar surface area (TPSA) is 47.3 Å². The first-order chi connectivity index (χ1) is 9.10. The highest BCUT2D eigenvalue weighted by atomic mass is 16.5. The molecule has 1 aliphatic rings. The second-order valence-electron chi connectivity index (χ2n) is 5.96. The van der Waals surface area contributed by atoms with Crippen LogP contribution < -0.4 is 15.8 Å². The maximum atomic E-state index is 5.80. The van der Waals surface area contributed by atoms with Gasteiger partial charge in [-0.2, -0.15) is 0 Å². The molecule has 0 bridgehead atoms. The van der Waals surface area contributed by atoms with Gasteiger partial charge in [-0.1, -0.05) is 26.0 Å². The molecule has 0 saturated heterocycles. The molecule has 1 aliphatic carbocycles. The molecule has 0 spiro atoms. The van der Waals surface area contributed by atoms with Crippen molar-refractivity contribution in [1.29, 1.82) is 0 Å². The standard InChI is InChI=1S/C16H26N2O/c1-11(2)15-8-12(4-5-16(15)19-3)9-18-10-13-6-14(17)7-13/h4-5,8,11,13-14,18H,6-7,9-10,17H2,1-3H3. The molecule has 106 valence electrons. The van der Waals surface area contributed by atoms with Gasteiger partial charge >= 0.3 is 0 Å². The van der Waals surface area contributed by atoms with Crippen molar-refractivity contribution in [2.75, 3.05) is 13.7 Å². The van der Waals surface area contributed by atoms with Crippen LogP contribution in [-0.4, -0.2) is 19.7 Å². The Hall–Kier alpha value is -1.06. The van der Waals surface area contributed by atoms with Crippen LogP contribution in [-0.2, 0) is 6.54 Å². The molecule has 2 rings (SSSR count). The van der Waals surface area contributed by atoms with E-state index in [-0.39, 0.29) is 0 Å². The van der Waals surface area contributed by atoms with Gasteiger partial charge in [0, 0.05) is 12.6 Å². The van der Waals surface area contributed by atoms with E-state index in [9.17, 15) is 0 Å². The molecule has 0 unspecified atom stereocenters. The van der Waals surface area contributed by atoms with E-state index in [1.54, 1.807) is 7.11 Å². The fourth-order valence-electron chi connectivity index (χ4n) is 2.72. The molecule has 19 heavy (non-hydrogen) atoms. The summed E-state index contributed by atoms with van der Waals surface area (Å²) in [5, 5.41) is 3.53. The van der Waals surface area contributed by atoms with Gasteiger partial charge in [0.15, 0.2) is 0 Å². The molecule has 0 atom stereocenters. The van der Waals surface area contributed by atoms with Crippen molar-refractivity contribution in [2.24, 2.45) is 11.7 Å². The Labute approximate surface area is 116 Å². The molecule has 1 aromatic rings. The first kappa shape index (κ1) is 14.4. The second kappa shape index (κ2) is 6.40. The van der Waals surface area contributed by atoms with Crippen molar-refractivity contribution >= 4 is 0 Å². The summed E-state index contributed by atoms with van der Waals surface area (Å²) < 4.78 is 5.41. The average molecular weight is 262 g/mol. The van der Waals surface area contributed by atoms with Gasteiger partial charge in [-0.15, -0.1) is 0 Å². The zero-order valence-electron chi connectivity index (χ0n) is 12.3. The summed E-state index contributed by atoms with van der Waals surface area (Å²) >= 11 is 0. The molecule has 0 heterocycles. The number of nitrogens with one attached hydrogen (secondary N) is 1. The summed E-state index contributed by atoms with van der Waals surface area (Å²) in [7, 11) is 1.74. The number of hydrogen-bond donors (Lipinski definition) is 2. The van der Waals surface area contributed by atoms with Crippen LogP contribution in [0.2, 0.25) is 0 Å². The fraction of sp³-hybridized carbons (Fsp3) is 0.625. The predicted molar refractivity (Wildman–Crippen MR) is 79.5 cm³/mol. The molecule has 1 fully saturated rings. The molecular weight excluding hydrogens is 236 g/mol. The van der Waals surface area contributed by atoms with Gasteiger partial charge in [-0.3, -0.25) is 0 Å². The van der Waals surface area contributed by atoms with E-state index in [2.05, 4.69) is 37.4 Å². The van der Waals surface area contributed by atoms with Crippen LogP contribution in [0.1, 0.15) is 43.7 Å². The Kier molecular flexibility index (Phi) is 4.83. The van der Waals surface area contributed by atoms with Crippen LogP contribution in [0, 0.1) is 5.92 Å². The number of rotatable bonds is 6. The summed E-state index contributed by atoms with van der Waals surface area (Å²) in [6, 6.07) is 6.92. The van der Waals surface area contributed by atoms with Crippen molar-refractivity contribution < 1.29 is 4.74 Å². The van der Waals surface area contributed by atoms with Crippen LogP contribution >= 0.6 is 0 Å². The van der Waals surface area contributed by atoms with Gasteiger partial charge in [0.1, 0.15) is 5.75 Å². The lowest BCUT2D eigenvalue weighted by molar-refractivity contribution is 0.256. The lowest BCUT2D eigenvalue weighted by atomic mass is 9.81. The summed E-state index contributed by atoms with van der Waals surface area (Å²) in [5.74, 6) is 2.25. The Balaban J connectivity index is 1.87. The van der Waals surface area contributed by atoms with Gasteiger partial charge < -0.3 is 15.8 Å². The Morgan fingerprint density at radius 3 is 2.68 bits per heavy atom. The monoisotopic (exact) mass is 262 g/mol. The highest BCUT2D eigenvalue weighted by Crippen LogP contribution is 2.27. The Morgan fingerprint density at radius 2 is 2.11 bits per heavy atom. The third-order valence-corrected chi connectivity index (χ3v) is 3.95. The summed E-state index contributed by atoms with van der Waals surface area (Å²) in [6.07, 6.45) is 2.35. The zero-order valence-corrected chi connectivity index (χ0v) is 12.3. The maximum absolute atomic E-state index is 5.80. The molecule has 3 nitrogen and oxygen atoms in total. The van der Waals surface area contributed by atoms with Crippen molar-refractivity contribution in [3.63, 3.8) is 0 Å².